The maximum absolute atomic E-state index is 12.7. The largest absolute Gasteiger partial charge is 0.334 e. The van der Waals surface area contributed by atoms with E-state index in [1.807, 2.05) is 0 Å². The zero-order chi connectivity index (χ0) is 16.7. The third-order valence-corrected chi connectivity index (χ3v) is 3.25. The Labute approximate surface area is 137 Å². The van der Waals surface area contributed by atoms with Crippen molar-refractivity contribution in [1.82, 2.24) is 10.6 Å². The summed E-state index contributed by atoms with van der Waals surface area (Å²) < 4.78 is 12.7. The Bertz CT molecular complexity index is 692. The maximum Gasteiger partial charge on any atom is 0.315 e. The molecule has 3 N–H and O–H groups in total. The molecule has 0 unspecified atom stereocenters. The lowest BCUT2D eigenvalue weighted by atomic mass is 10.2. The predicted octanol–water partition coefficient (Wildman–Crippen LogP) is 2.92. The van der Waals surface area contributed by atoms with Crippen LogP contribution in [0.2, 0.25) is 5.02 Å². The quantitative estimate of drug-likeness (QED) is 0.786. The Morgan fingerprint density at radius 3 is 2.39 bits per heavy atom. The van der Waals surface area contributed by atoms with E-state index in [-0.39, 0.29) is 18.9 Å². The van der Waals surface area contributed by atoms with Gasteiger partial charge in [-0.05, 0) is 29.8 Å². The number of urea groups is 1. The van der Waals surface area contributed by atoms with Crippen LogP contribution in [0.4, 0.5) is 14.9 Å². The highest BCUT2D eigenvalue weighted by Crippen LogP contribution is 2.19. The predicted molar refractivity (Wildman–Crippen MR) is 86.7 cm³/mol. The normalized spacial score (nSPS) is 10.0. The lowest BCUT2D eigenvalue weighted by molar-refractivity contribution is -0.115. The van der Waals surface area contributed by atoms with E-state index in [0.29, 0.717) is 10.7 Å². The van der Waals surface area contributed by atoms with Crippen molar-refractivity contribution in [2.75, 3.05) is 11.9 Å². The van der Waals surface area contributed by atoms with Crippen molar-refractivity contribution in [2.45, 2.75) is 6.54 Å². The third kappa shape index (κ3) is 5.60. The lowest BCUT2D eigenvalue weighted by Gasteiger charge is -2.09. The van der Waals surface area contributed by atoms with Crippen LogP contribution in [0.15, 0.2) is 48.5 Å². The van der Waals surface area contributed by atoms with Gasteiger partial charge in [-0.2, -0.15) is 0 Å². The molecule has 2 aromatic rings. The van der Waals surface area contributed by atoms with E-state index >= 15 is 0 Å². The van der Waals surface area contributed by atoms with E-state index in [0.717, 1.165) is 5.56 Å². The fraction of sp³-hybridized carbons (Fsp3) is 0.125. The van der Waals surface area contributed by atoms with Crippen molar-refractivity contribution in [3.05, 3.63) is 64.9 Å². The molecule has 0 atom stereocenters. The first-order chi connectivity index (χ1) is 11.0. The average Bonchev–Trinajstić information content (AvgIpc) is 2.54. The second kappa shape index (κ2) is 8.14. The maximum atomic E-state index is 12.7. The molecule has 0 saturated carbocycles. The van der Waals surface area contributed by atoms with Crippen LogP contribution in [0, 0.1) is 5.82 Å². The van der Waals surface area contributed by atoms with E-state index in [4.69, 9.17) is 11.6 Å². The topological polar surface area (TPSA) is 70.2 Å². The van der Waals surface area contributed by atoms with Crippen molar-refractivity contribution >= 4 is 29.2 Å². The average molecular weight is 336 g/mol. The summed E-state index contributed by atoms with van der Waals surface area (Å²) in [5, 5.41) is 8.00. The summed E-state index contributed by atoms with van der Waals surface area (Å²) in [5.41, 5.74) is 1.23. The second-order valence-electron chi connectivity index (χ2n) is 4.69. The Balaban J connectivity index is 1.72. The van der Waals surface area contributed by atoms with Gasteiger partial charge in [0.25, 0.3) is 0 Å². The van der Waals surface area contributed by atoms with Crippen molar-refractivity contribution in [1.29, 1.82) is 0 Å². The highest BCUT2D eigenvalue weighted by molar-refractivity contribution is 6.33. The van der Waals surface area contributed by atoms with Crippen LogP contribution in [0.25, 0.3) is 0 Å². The standard InChI is InChI=1S/C16H15ClFN3O2/c17-13-3-1-2-4-14(13)21-15(22)10-20-16(23)19-9-11-5-7-12(18)8-6-11/h1-8H,9-10H2,(H,21,22)(H2,19,20,23). The molecule has 0 saturated heterocycles. The van der Waals surface area contributed by atoms with Crippen molar-refractivity contribution in [2.24, 2.45) is 0 Å². The molecule has 0 aliphatic heterocycles. The monoisotopic (exact) mass is 335 g/mol. The molecular weight excluding hydrogens is 321 g/mol. The Morgan fingerprint density at radius 2 is 1.70 bits per heavy atom. The van der Waals surface area contributed by atoms with Gasteiger partial charge < -0.3 is 16.0 Å². The molecule has 2 aromatic carbocycles. The van der Waals surface area contributed by atoms with Gasteiger partial charge >= 0.3 is 6.03 Å². The van der Waals surface area contributed by atoms with E-state index in [1.165, 1.54) is 12.1 Å². The molecule has 5 nitrogen and oxygen atoms in total. The van der Waals surface area contributed by atoms with Crippen LogP contribution in [0.1, 0.15) is 5.56 Å². The van der Waals surface area contributed by atoms with Crippen LogP contribution >= 0.6 is 11.6 Å². The molecular formula is C16H15ClFN3O2. The summed E-state index contributed by atoms with van der Waals surface area (Å²) in [6.07, 6.45) is 0. The first-order valence-corrected chi connectivity index (χ1v) is 7.23. The SMILES string of the molecule is O=C(CNC(=O)NCc1ccc(F)cc1)Nc1ccccc1Cl. The summed E-state index contributed by atoms with van der Waals surface area (Å²) in [6, 6.07) is 12.1. The number of hydrogen-bond acceptors (Lipinski definition) is 2. The number of amides is 3. The minimum Gasteiger partial charge on any atom is -0.334 e. The number of benzene rings is 2. The molecule has 0 bridgehead atoms. The fourth-order valence-electron chi connectivity index (χ4n) is 1.76. The molecule has 0 aliphatic carbocycles. The van der Waals surface area contributed by atoms with Crippen LogP contribution in [0.5, 0.6) is 0 Å². The number of para-hydroxylation sites is 1. The molecule has 0 radical (unpaired) electrons. The number of carbonyl (C=O) groups excluding carboxylic acids is 2. The molecule has 7 heteroatoms. The molecule has 0 fully saturated rings. The van der Waals surface area contributed by atoms with Crippen LogP contribution in [0.3, 0.4) is 0 Å². The molecule has 2 rings (SSSR count). The van der Waals surface area contributed by atoms with Gasteiger partial charge in [0, 0.05) is 6.54 Å². The number of rotatable bonds is 5. The molecule has 0 heterocycles. The summed E-state index contributed by atoms with van der Waals surface area (Å²) >= 11 is 5.92. The summed E-state index contributed by atoms with van der Waals surface area (Å²) in [5.74, 6) is -0.732. The number of halogens is 2. The number of anilines is 1. The Morgan fingerprint density at radius 1 is 1.00 bits per heavy atom. The Kier molecular flexibility index (Phi) is 5.94. The lowest BCUT2D eigenvalue weighted by Crippen LogP contribution is -2.39. The molecule has 3 amide bonds. The van der Waals surface area contributed by atoms with E-state index in [2.05, 4.69) is 16.0 Å². The van der Waals surface area contributed by atoms with Crippen molar-refractivity contribution in [3.8, 4) is 0 Å². The van der Waals surface area contributed by atoms with Gasteiger partial charge in [0.1, 0.15) is 5.82 Å². The van der Waals surface area contributed by atoms with Gasteiger partial charge in [-0.15, -0.1) is 0 Å². The first-order valence-electron chi connectivity index (χ1n) is 6.85. The van der Waals surface area contributed by atoms with Crippen molar-refractivity contribution < 1.29 is 14.0 Å². The highest BCUT2D eigenvalue weighted by atomic mass is 35.5. The molecule has 120 valence electrons. The van der Waals surface area contributed by atoms with Gasteiger partial charge in [-0.1, -0.05) is 35.9 Å². The van der Waals surface area contributed by atoms with Gasteiger partial charge in [0.2, 0.25) is 5.91 Å². The minimum absolute atomic E-state index is 0.194. The molecule has 0 aromatic heterocycles. The van der Waals surface area contributed by atoms with Gasteiger partial charge in [0.15, 0.2) is 0 Å². The number of hydrogen-bond donors (Lipinski definition) is 3. The zero-order valence-corrected chi connectivity index (χ0v) is 12.9. The zero-order valence-electron chi connectivity index (χ0n) is 12.1. The third-order valence-electron chi connectivity index (χ3n) is 2.92. The smallest absolute Gasteiger partial charge is 0.315 e. The summed E-state index contributed by atoms with van der Waals surface area (Å²) in [4.78, 5) is 23.3. The van der Waals surface area contributed by atoms with Crippen LogP contribution in [-0.4, -0.2) is 18.5 Å². The molecule has 0 aliphatic rings. The molecule has 23 heavy (non-hydrogen) atoms. The van der Waals surface area contributed by atoms with Crippen LogP contribution in [-0.2, 0) is 11.3 Å². The van der Waals surface area contributed by atoms with Crippen molar-refractivity contribution in [3.63, 3.8) is 0 Å². The Hall–Kier alpha value is -2.60. The summed E-state index contributed by atoms with van der Waals surface area (Å²) in [7, 11) is 0. The van der Waals surface area contributed by atoms with E-state index in [9.17, 15) is 14.0 Å². The minimum atomic E-state index is -0.497. The first kappa shape index (κ1) is 16.8. The fourth-order valence-corrected chi connectivity index (χ4v) is 1.95. The highest BCUT2D eigenvalue weighted by Gasteiger charge is 2.07. The second-order valence-corrected chi connectivity index (χ2v) is 5.10. The van der Waals surface area contributed by atoms with Crippen LogP contribution < -0.4 is 16.0 Å². The van der Waals surface area contributed by atoms with E-state index in [1.54, 1.807) is 36.4 Å². The number of nitrogens with one attached hydrogen (secondary N) is 3. The van der Waals surface area contributed by atoms with Gasteiger partial charge in [0.05, 0.1) is 17.3 Å². The molecule has 0 spiro atoms. The van der Waals surface area contributed by atoms with E-state index < -0.39 is 11.9 Å². The van der Waals surface area contributed by atoms with Gasteiger partial charge in [-0.3, -0.25) is 4.79 Å². The number of carbonyl (C=O) groups is 2. The van der Waals surface area contributed by atoms with Gasteiger partial charge in [-0.25, -0.2) is 9.18 Å². The summed E-state index contributed by atoms with van der Waals surface area (Å²) in [6.45, 7) is 0.0404.